The molecular formula is C21H22FNO. The first-order valence-electron chi connectivity index (χ1n) is 8.88. The van der Waals surface area contributed by atoms with Crippen LogP contribution in [0, 0.1) is 5.82 Å². The van der Waals surface area contributed by atoms with Gasteiger partial charge in [0, 0.05) is 23.7 Å². The SMILES string of the molecule is O=C(c1ccc2c(c1)CCCC2)N(Cc1ccccc1F)C1CC1. The zero-order chi connectivity index (χ0) is 16.5. The molecule has 2 aromatic rings. The Kier molecular flexibility index (Phi) is 4.09. The maximum atomic E-state index is 14.0. The first-order valence-corrected chi connectivity index (χ1v) is 8.88. The van der Waals surface area contributed by atoms with Crippen LogP contribution in [0.2, 0.25) is 0 Å². The molecule has 1 saturated carbocycles. The highest BCUT2D eigenvalue weighted by atomic mass is 19.1. The van der Waals surface area contributed by atoms with Gasteiger partial charge < -0.3 is 4.90 Å². The summed E-state index contributed by atoms with van der Waals surface area (Å²) in [5.74, 6) is -0.199. The molecule has 2 nitrogen and oxygen atoms in total. The molecule has 1 amide bonds. The average Bonchev–Trinajstić information content (AvgIpc) is 3.45. The monoisotopic (exact) mass is 323 g/mol. The fourth-order valence-electron chi connectivity index (χ4n) is 3.60. The Morgan fingerprint density at radius 2 is 1.79 bits per heavy atom. The summed E-state index contributed by atoms with van der Waals surface area (Å²) in [6.45, 7) is 0.354. The average molecular weight is 323 g/mol. The summed E-state index contributed by atoms with van der Waals surface area (Å²) < 4.78 is 14.0. The van der Waals surface area contributed by atoms with E-state index in [2.05, 4.69) is 12.1 Å². The van der Waals surface area contributed by atoms with Crippen LogP contribution in [0.25, 0.3) is 0 Å². The molecule has 2 aliphatic carbocycles. The third-order valence-electron chi connectivity index (χ3n) is 5.14. The quantitative estimate of drug-likeness (QED) is 0.811. The molecule has 0 aliphatic heterocycles. The van der Waals surface area contributed by atoms with Crippen molar-refractivity contribution in [2.75, 3.05) is 0 Å². The fraction of sp³-hybridized carbons (Fsp3) is 0.381. The number of fused-ring (bicyclic) bond motifs is 1. The summed E-state index contributed by atoms with van der Waals surface area (Å²) in [5.41, 5.74) is 4.04. The second-order valence-corrected chi connectivity index (χ2v) is 6.95. The molecule has 0 saturated heterocycles. The molecule has 3 heteroatoms. The molecule has 0 spiro atoms. The van der Waals surface area contributed by atoms with E-state index in [0.717, 1.165) is 31.2 Å². The van der Waals surface area contributed by atoms with E-state index in [1.54, 1.807) is 12.1 Å². The second kappa shape index (κ2) is 6.39. The fourth-order valence-corrected chi connectivity index (χ4v) is 3.60. The van der Waals surface area contributed by atoms with Crippen LogP contribution >= 0.6 is 0 Å². The predicted octanol–water partition coefficient (Wildman–Crippen LogP) is 4.51. The van der Waals surface area contributed by atoms with Crippen molar-refractivity contribution in [2.45, 2.75) is 51.1 Å². The van der Waals surface area contributed by atoms with Crippen molar-refractivity contribution in [3.05, 3.63) is 70.5 Å². The predicted molar refractivity (Wildman–Crippen MR) is 92.4 cm³/mol. The van der Waals surface area contributed by atoms with E-state index in [1.165, 1.54) is 30.0 Å². The molecule has 0 heterocycles. The summed E-state index contributed by atoms with van der Waals surface area (Å²) in [6.07, 6.45) is 6.66. The van der Waals surface area contributed by atoms with E-state index in [0.29, 0.717) is 12.1 Å². The molecular weight excluding hydrogens is 301 g/mol. The number of carbonyl (C=O) groups is 1. The minimum absolute atomic E-state index is 0.0362. The number of carbonyl (C=O) groups excluding carboxylic acids is 1. The van der Waals surface area contributed by atoms with Crippen LogP contribution in [0.4, 0.5) is 4.39 Å². The molecule has 2 aromatic carbocycles. The number of hydrogen-bond donors (Lipinski definition) is 0. The minimum Gasteiger partial charge on any atom is -0.331 e. The lowest BCUT2D eigenvalue weighted by atomic mass is 9.90. The van der Waals surface area contributed by atoms with Gasteiger partial charge in [0.05, 0.1) is 0 Å². The Hall–Kier alpha value is -2.16. The highest BCUT2D eigenvalue weighted by Crippen LogP contribution is 2.31. The topological polar surface area (TPSA) is 20.3 Å². The van der Waals surface area contributed by atoms with Gasteiger partial charge in [-0.3, -0.25) is 4.79 Å². The molecule has 0 radical (unpaired) electrons. The van der Waals surface area contributed by atoms with Gasteiger partial charge in [0.25, 0.3) is 5.91 Å². The lowest BCUT2D eigenvalue weighted by Crippen LogP contribution is -2.33. The third kappa shape index (κ3) is 3.08. The van der Waals surface area contributed by atoms with Crippen molar-refractivity contribution in [3.63, 3.8) is 0 Å². The first-order chi connectivity index (χ1) is 11.7. The smallest absolute Gasteiger partial charge is 0.254 e. The zero-order valence-corrected chi connectivity index (χ0v) is 13.8. The summed E-state index contributed by atoms with van der Waals surface area (Å²) in [5, 5.41) is 0. The van der Waals surface area contributed by atoms with Gasteiger partial charge >= 0.3 is 0 Å². The molecule has 0 atom stereocenters. The van der Waals surface area contributed by atoms with Gasteiger partial charge in [-0.05, 0) is 67.9 Å². The molecule has 4 rings (SSSR count). The molecule has 0 unspecified atom stereocenters. The van der Waals surface area contributed by atoms with Crippen LogP contribution in [0.3, 0.4) is 0 Å². The summed E-state index contributed by atoms with van der Waals surface area (Å²) in [6, 6.07) is 13.1. The molecule has 2 aliphatic rings. The number of halogens is 1. The summed E-state index contributed by atoms with van der Waals surface area (Å²) in [7, 11) is 0. The van der Waals surface area contributed by atoms with Crippen molar-refractivity contribution < 1.29 is 9.18 Å². The summed E-state index contributed by atoms with van der Waals surface area (Å²) >= 11 is 0. The van der Waals surface area contributed by atoms with Gasteiger partial charge in [0.1, 0.15) is 5.82 Å². The van der Waals surface area contributed by atoms with Gasteiger partial charge in [-0.15, -0.1) is 0 Å². The van der Waals surface area contributed by atoms with Crippen LogP contribution in [0.1, 0.15) is 52.7 Å². The largest absolute Gasteiger partial charge is 0.331 e. The van der Waals surface area contributed by atoms with E-state index in [1.807, 2.05) is 17.0 Å². The Morgan fingerprint density at radius 3 is 2.54 bits per heavy atom. The normalized spacial score (nSPS) is 16.5. The third-order valence-corrected chi connectivity index (χ3v) is 5.14. The Bertz CT molecular complexity index is 766. The van der Waals surface area contributed by atoms with Crippen molar-refractivity contribution in [1.82, 2.24) is 4.90 Å². The standard InChI is InChI=1S/C21H22FNO/c22-20-8-4-3-7-18(20)14-23(19-11-12-19)21(24)17-10-9-15-5-1-2-6-16(15)13-17/h3-4,7-10,13,19H,1-2,5-6,11-12,14H2. The van der Waals surface area contributed by atoms with Crippen LogP contribution in [0.15, 0.2) is 42.5 Å². The van der Waals surface area contributed by atoms with Gasteiger partial charge in [-0.1, -0.05) is 24.3 Å². The van der Waals surface area contributed by atoms with E-state index < -0.39 is 0 Å². The highest BCUT2D eigenvalue weighted by molar-refractivity contribution is 5.95. The lowest BCUT2D eigenvalue weighted by molar-refractivity contribution is 0.0728. The Balaban J connectivity index is 1.59. The zero-order valence-electron chi connectivity index (χ0n) is 13.8. The van der Waals surface area contributed by atoms with Crippen molar-refractivity contribution in [3.8, 4) is 0 Å². The summed E-state index contributed by atoms with van der Waals surface area (Å²) in [4.78, 5) is 14.9. The number of rotatable bonds is 4. The van der Waals surface area contributed by atoms with Crippen molar-refractivity contribution >= 4 is 5.91 Å². The molecule has 1 fully saturated rings. The lowest BCUT2D eigenvalue weighted by Gasteiger charge is -2.24. The van der Waals surface area contributed by atoms with Crippen LogP contribution in [-0.4, -0.2) is 16.8 Å². The van der Waals surface area contributed by atoms with Gasteiger partial charge in [0.15, 0.2) is 0 Å². The van der Waals surface area contributed by atoms with Crippen LogP contribution < -0.4 is 0 Å². The van der Waals surface area contributed by atoms with E-state index in [9.17, 15) is 9.18 Å². The molecule has 0 aromatic heterocycles. The molecule has 24 heavy (non-hydrogen) atoms. The van der Waals surface area contributed by atoms with Crippen LogP contribution in [0.5, 0.6) is 0 Å². The van der Waals surface area contributed by atoms with Gasteiger partial charge in [-0.2, -0.15) is 0 Å². The molecule has 124 valence electrons. The van der Waals surface area contributed by atoms with E-state index in [4.69, 9.17) is 0 Å². The van der Waals surface area contributed by atoms with Crippen molar-refractivity contribution in [1.29, 1.82) is 0 Å². The second-order valence-electron chi connectivity index (χ2n) is 6.95. The maximum Gasteiger partial charge on any atom is 0.254 e. The maximum absolute atomic E-state index is 14.0. The van der Waals surface area contributed by atoms with Gasteiger partial charge in [0.2, 0.25) is 0 Å². The van der Waals surface area contributed by atoms with Crippen molar-refractivity contribution in [2.24, 2.45) is 0 Å². The number of benzene rings is 2. The number of hydrogen-bond acceptors (Lipinski definition) is 1. The Labute approximate surface area is 142 Å². The van der Waals surface area contributed by atoms with E-state index >= 15 is 0 Å². The molecule has 0 bridgehead atoms. The Morgan fingerprint density at radius 1 is 1.04 bits per heavy atom. The van der Waals surface area contributed by atoms with Crippen LogP contribution in [-0.2, 0) is 19.4 Å². The number of nitrogens with zero attached hydrogens (tertiary/aromatic N) is 1. The first kappa shape index (κ1) is 15.4. The van der Waals surface area contributed by atoms with Gasteiger partial charge in [-0.25, -0.2) is 4.39 Å². The molecule has 0 N–H and O–H groups in total. The number of aryl methyl sites for hydroxylation is 2. The van der Waals surface area contributed by atoms with E-state index in [-0.39, 0.29) is 17.8 Å². The minimum atomic E-state index is -0.235. The number of amides is 1. The highest BCUT2D eigenvalue weighted by Gasteiger charge is 2.33.